The minimum Gasteiger partial charge on any atom is -0.342 e. The molecule has 0 aliphatic carbocycles. The molecule has 8 heteroatoms. The smallest absolute Gasteiger partial charge is 0.333 e. The maximum atomic E-state index is 11.0. The van der Waals surface area contributed by atoms with Crippen LogP contribution in [0.5, 0.6) is 0 Å². The summed E-state index contributed by atoms with van der Waals surface area (Å²) in [5.74, 6) is -0.532. The molecule has 118 valence electrons. The highest BCUT2D eigenvalue weighted by Crippen LogP contribution is 2.39. The van der Waals surface area contributed by atoms with Crippen molar-refractivity contribution in [2.45, 2.75) is 37.7 Å². The Morgan fingerprint density at radius 2 is 2.00 bits per heavy atom. The van der Waals surface area contributed by atoms with E-state index in [-0.39, 0.29) is 6.61 Å². The fourth-order valence-corrected chi connectivity index (χ4v) is 2.88. The molecule has 2 N–H and O–H groups in total. The first-order chi connectivity index (χ1) is 9.72. The molecule has 0 radical (unpaired) electrons. The highest BCUT2D eigenvalue weighted by Gasteiger charge is 2.43. The minimum absolute atomic E-state index is 0.219. The Bertz CT molecular complexity index is 604. The number of ether oxygens (including phenoxy) is 2. The van der Waals surface area contributed by atoms with Crippen LogP contribution in [-0.2, 0) is 29.8 Å². The zero-order valence-corrected chi connectivity index (χ0v) is 13.4. The Kier molecular flexibility index (Phi) is 4.92. The van der Waals surface area contributed by atoms with Gasteiger partial charge in [-0.15, -0.1) is 11.6 Å². The second kappa shape index (κ2) is 6.20. The number of rotatable bonds is 5. The monoisotopic (exact) mass is 335 g/mol. The molecule has 0 bridgehead atoms. The van der Waals surface area contributed by atoms with Crippen molar-refractivity contribution in [2.24, 2.45) is 5.14 Å². The highest BCUT2D eigenvalue weighted by atomic mass is 35.5. The molecule has 6 nitrogen and oxygen atoms in total. The molecule has 2 atom stereocenters. The zero-order chi connectivity index (χ0) is 15.7. The molecule has 1 saturated heterocycles. The molecule has 1 aliphatic heterocycles. The number of halogens is 1. The van der Waals surface area contributed by atoms with Gasteiger partial charge in [-0.1, -0.05) is 24.3 Å². The summed E-state index contributed by atoms with van der Waals surface area (Å²) in [4.78, 5) is 0. The first kappa shape index (κ1) is 16.7. The largest absolute Gasteiger partial charge is 0.342 e. The van der Waals surface area contributed by atoms with Gasteiger partial charge in [0.15, 0.2) is 5.79 Å². The van der Waals surface area contributed by atoms with Gasteiger partial charge in [-0.25, -0.2) is 5.14 Å². The zero-order valence-electron chi connectivity index (χ0n) is 11.8. The van der Waals surface area contributed by atoms with Crippen molar-refractivity contribution < 1.29 is 22.1 Å². The summed E-state index contributed by atoms with van der Waals surface area (Å²) in [5, 5.41) is 4.85. The first-order valence-corrected chi connectivity index (χ1v) is 8.39. The van der Waals surface area contributed by atoms with Gasteiger partial charge in [0, 0.05) is 5.88 Å². The maximum absolute atomic E-state index is 11.0. The van der Waals surface area contributed by atoms with Gasteiger partial charge in [-0.05, 0) is 25.0 Å². The average molecular weight is 336 g/mol. The quantitative estimate of drug-likeness (QED) is 0.829. The third kappa shape index (κ3) is 4.38. The molecule has 2 rings (SSSR count). The van der Waals surface area contributed by atoms with Crippen molar-refractivity contribution >= 4 is 21.9 Å². The number of hydrogen-bond acceptors (Lipinski definition) is 5. The van der Waals surface area contributed by atoms with E-state index in [1.807, 2.05) is 24.3 Å². The van der Waals surface area contributed by atoms with Crippen molar-refractivity contribution in [1.82, 2.24) is 0 Å². The average Bonchev–Trinajstić information content (AvgIpc) is 2.71. The topological polar surface area (TPSA) is 87.9 Å². The van der Waals surface area contributed by atoms with E-state index in [4.69, 9.17) is 26.2 Å². The predicted octanol–water partition coefficient (Wildman–Crippen LogP) is 1.84. The van der Waals surface area contributed by atoms with Gasteiger partial charge in [-0.3, -0.25) is 4.18 Å². The molecule has 1 aromatic rings. The van der Waals surface area contributed by atoms with Crippen molar-refractivity contribution in [3.05, 3.63) is 35.4 Å². The van der Waals surface area contributed by atoms with E-state index in [2.05, 4.69) is 4.18 Å². The molecule has 1 heterocycles. The van der Waals surface area contributed by atoms with Gasteiger partial charge in [0.2, 0.25) is 0 Å². The number of nitrogens with two attached hydrogens (primary N) is 1. The van der Waals surface area contributed by atoms with Crippen molar-refractivity contribution in [3.63, 3.8) is 0 Å². The Morgan fingerprint density at radius 1 is 1.33 bits per heavy atom. The third-order valence-corrected chi connectivity index (χ3v) is 3.84. The molecule has 0 spiro atoms. The maximum Gasteiger partial charge on any atom is 0.333 e. The lowest BCUT2D eigenvalue weighted by atomic mass is 10.00. The fourth-order valence-electron chi connectivity index (χ4n) is 2.32. The normalized spacial score (nSPS) is 25.1. The van der Waals surface area contributed by atoms with E-state index >= 15 is 0 Å². The minimum atomic E-state index is -4.03. The third-order valence-electron chi connectivity index (χ3n) is 3.09. The lowest BCUT2D eigenvalue weighted by Crippen LogP contribution is -2.28. The lowest BCUT2D eigenvalue weighted by molar-refractivity contribution is -0.148. The number of hydrogen-bond donors (Lipinski definition) is 1. The van der Waals surface area contributed by atoms with Gasteiger partial charge in [0.1, 0.15) is 12.2 Å². The molecular formula is C13H18ClNO5S. The molecule has 1 aliphatic rings. The summed E-state index contributed by atoms with van der Waals surface area (Å²) >= 11 is 5.94. The van der Waals surface area contributed by atoms with E-state index < -0.39 is 28.3 Å². The van der Waals surface area contributed by atoms with Crippen molar-refractivity contribution in [3.8, 4) is 0 Å². The van der Waals surface area contributed by atoms with Gasteiger partial charge in [0.05, 0.1) is 6.61 Å². The first-order valence-electron chi connectivity index (χ1n) is 6.38. The second-order valence-electron chi connectivity index (χ2n) is 5.20. The Morgan fingerprint density at radius 3 is 2.62 bits per heavy atom. The predicted molar refractivity (Wildman–Crippen MR) is 77.8 cm³/mol. The van der Waals surface area contributed by atoms with E-state index in [1.54, 1.807) is 13.8 Å². The van der Waals surface area contributed by atoms with Crippen LogP contribution >= 0.6 is 11.6 Å². The molecule has 21 heavy (non-hydrogen) atoms. The molecule has 0 saturated carbocycles. The summed E-state index contributed by atoms with van der Waals surface area (Å²) in [6.07, 6.45) is -1.07. The summed E-state index contributed by atoms with van der Waals surface area (Å²) in [6, 6.07) is 7.49. The Hall–Kier alpha value is -0.700. The summed E-state index contributed by atoms with van der Waals surface area (Å²) in [5.41, 5.74) is 1.74. The number of alkyl halides is 1. The summed E-state index contributed by atoms with van der Waals surface area (Å²) < 4.78 is 38.1. The van der Waals surface area contributed by atoms with Crippen molar-refractivity contribution in [2.75, 3.05) is 6.61 Å². The van der Waals surface area contributed by atoms with Crippen LogP contribution in [0.4, 0.5) is 0 Å². The van der Waals surface area contributed by atoms with Gasteiger partial charge in [-0.2, -0.15) is 8.42 Å². The van der Waals surface area contributed by atoms with Crippen LogP contribution in [-0.4, -0.2) is 26.9 Å². The molecule has 1 fully saturated rings. The Balaban J connectivity index is 2.26. The SMILES string of the molecule is CC1(C)OC(COS(N)(=O)=O)C(c2ccccc2CCl)O1. The molecule has 0 aromatic heterocycles. The van der Waals surface area contributed by atoms with Crippen LogP contribution in [0.3, 0.4) is 0 Å². The Labute approximate surface area is 129 Å². The highest BCUT2D eigenvalue weighted by molar-refractivity contribution is 7.84. The molecular weight excluding hydrogens is 318 g/mol. The van der Waals surface area contributed by atoms with Crippen LogP contribution in [0.2, 0.25) is 0 Å². The molecule has 1 aromatic carbocycles. The van der Waals surface area contributed by atoms with Gasteiger partial charge < -0.3 is 9.47 Å². The van der Waals surface area contributed by atoms with Crippen LogP contribution in [0, 0.1) is 0 Å². The standard InChI is InChI=1S/C13H18ClNO5S/c1-13(2)19-11(8-18-21(15,16)17)12(20-13)10-6-4-3-5-9(10)7-14/h3-6,11-12H,7-8H2,1-2H3,(H2,15,16,17). The van der Waals surface area contributed by atoms with Gasteiger partial charge in [0.25, 0.3) is 0 Å². The number of benzene rings is 1. The molecule has 0 amide bonds. The lowest BCUT2D eigenvalue weighted by Gasteiger charge is -2.19. The van der Waals surface area contributed by atoms with Crippen LogP contribution in [0.15, 0.2) is 24.3 Å². The van der Waals surface area contributed by atoms with Crippen LogP contribution < -0.4 is 5.14 Å². The van der Waals surface area contributed by atoms with Crippen LogP contribution in [0.25, 0.3) is 0 Å². The van der Waals surface area contributed by atoms with Gasteiger partial charge >= 0.3 is 10.3 Å². The van der Waals surface area contributed by atoms with E-state index in [1.165, 1.54) is 0 Å². The second-order valence-corrected chi connectivity index (χ2v) is 6.69. The summed E-state index contributed by atoms with van der Waals surface area (Å²) in [6.45, 7) is 3.28. The summed E-state index contributed by atoms with van der Waals surface area (Å²) in [7, 11) is -4.03. The van der Waals surface area contributed by atoms with Crippen LogP contribution in [0.1, 0.15) is 31.1 Å². The van der Waals surface area contributed by atoms with E-state index in [0.717, 1.165) is 11.1 Å². The van der Waals surface area contributed by atoms with E-state index in [9.17, 15) is 8.42 Å². The fraction of sp³-hybridized carbons (Fsp3) is 0.538. The molecule has 2 unspecified atom stereocenters. The van der Waals surface area contributed by atoms with E-state index in [0.29, 0.717) is 5.88 Å². The van der Waals surface area contributed by atoms with Crippen molar-refractivity contribution in [1.29, 1.82) is 0 Å².